The molecular weight excluding hydrogens is 240 g/mol. The van der Waals surface area contributed by atoms with Gasteiger partial charge in [0.1, 0.15) is 0 Å². The Hall–Kier alpha value is -1.62. The van der Waals surface area contributed by atoms with Crippen LogP contribution < -0.4 is 45.1 Å². The Morgan fingerprint density at radius 1 is 0.556 bits per heavy atom. The lowest BCUT2D eigenvalue weighted by Crippen LogP contribution is -2.43. The number of carbonyl (C=O) groups excluding carboxylic acids is 2. The van der Waals surface area contributed by atoms with Gasteiger partial charge >= 0.3 is 12.1 Å². The zero-order chi connectivity index (χ0) is 14.2. The van der Waals surface area contributed by atoms with Crippen molar-refractivity contribution in [2.75, 3.05) is 0 Å². The van der Waals surface area contributed by atoms with Crippen molar-refractivity contribution < 1.29 is 9.59 Å². The van der Waals surface area contributed by atoms with Crippen LogP contribution in [0.3, 0.4) is 0 Å². The van der Waals surface area contributed by atoms with Crippen LogP contribution in [0.15, 0.2) is 0 Å². The summed E-state index contributed by atoms with van der Waals surface area (Å²) >= 11 is 0. The third kappa shape index (κ3) is 16.8. The minimum Gasteiger partial charge on any atom is -0.275 e. The van der Waals surface area contributed by atoms with E-state index in [1.54, 1.807) is 21.7 Å². The maximum atomic E-state index is 9.71. The molecule has 108 valence electrons. The molecule has 1 rings (SSSR count). The molecule has 0 saturated heterocycles. The third-order valence-electron chi connectivity index (χ3n) is 2.02. The maximum absolute atomic E-state index is 9.71. The number of urea groups is 2. The quantitative estimate of drug-likeness (QED) is 0.148. The largest absolute Gasteiger partial charge is 0.343 e. The highest BCUT2D eigenvalue weighted by molar-refractivity contribution is 5.72. The van der Waals surface area contributed by atoms with Crippen LogP contribution in [0.25, 0.3) is 0 Å². The monoisotopic (exact) mass is 264 g/mol. The molecule has 0 radical (unpaired) electrons. The van der Waals surface area contributed by atoms with Gasteiger partial charge in [0.05, 0.1) is 0 Å². The Bertz CT molecular complexity index is 170. The number of rotatable bonds is 0. The molecule has 4 amide bonds. The number of nitrogens with two attached hydrogens (primary N) is 4. The van der Waals surface area contributed by atoms with Gasteiger partial charge in [0.15, 0.2) is 0 Å². The van der Waals surface area contributed by atoms with Crippen molar-refractivity contribution in [3.05, 3.63) is 0 Å². The van der Waals surface area contributed by atoms with Crippen molar-refractivity contribution in [2.24, 2.45) is 23.4 Å². The number of carbonyl (C=O) groups is 2. The number of nitrogens with one attached hydrogen (secondary N) is 4. The number of amides is 4. The normalized spacial score (nSPS) is 12.7. The summed E-state index contributed by atoms with van der Waals surface area (Å²) in [5, 5.41) is 0. The van der Waals surface area contributed by atoms with Gasteiger partial charge in [-0.2, -0.15) is 0 Å². The van der Waals surface area contributed by atoms with Gasteiger partial charge in [0.2, 0.25) is 0 Å². The van der Waals surface area contributed by atoms with Crippen LogP contribution in [0.2, 0.25) is 0 Å². The molecule has 12 N–H and O–H groups in total. The fraction of sp³-hybridized carbons (Fsp3) is 0.750. The summed E-state index contributed by atoms with van der Waals surface area (Å²) in [5.74, 6) is 18.2. The Balaban J connectivity index is 0. The van der Waals surface area contributed by atoms with Crippen molar-refractivity contribution in [3.8, 4) is 0 Å². The highest BCUT2D eigenvalue weighted by atomic mass is 16.2. The SMILES string of the molecule is C1CCCCC1.NNC(=O)NN.NNC(=O)NN. The summed E-state index contributed by atoms with van der Waals surface area (Å²) in [5.41, 5.74) is 6.96. The van der Waals surface area contributed by atoms with Crippen LogP contribution in [0, 0.1) is 0 Å². The van der Waals surface area contributed by atoms with Gasteiger partial charge < -0.3 is 0 Å². The van der Waals surface area contributed by atoms with Gasteiger partial charge in [-0.3, -0.25) is 21.7 Å². The smallest absolute Gasteiger partial charge is 0.275 e. The maximum Gasteiger partial charge on any atom is 0.343 e. The zero-order valence-corrected chi connectivity index (χ0v) is 10.4. The molecule has 1 fully saturated rings. The molecule has 0 atom stereocenters. The first kappa shape index (κ1) is 18.7. The lowest BCUT2D eigenvalue weighted by Gasteiger charge is -2.05. The van der Waals surface area contributed by atoms with Gasteiger partial charge in [-0.15, -0.1) is 0 Å². The van der Waals surface area contributed by atoms with E-state index in [-0.39, 0.29) is 0 Å². The second-order valence-corrected chi connectivity index (χ2v) is 3.36. The van der Waals surface area contributed by atoms with Gasteiger partial charge in [0.25, 0.3) is 0 Å². The molecule has 0 aliphatic heterocycles. The van der Waals surface area contributed by atoms with Gasteiger partial charge in [-0.05, 0) is 0 Å². The lowest BCUT2D eigenvalue weighted by molar-refractivity contribution is 0.240. The Kier molecular flexibility index (Phi) is 16.0. The van der Waals surface area contributed by atoms with E-state index in [1.807, 2.05) is 0 Å². The first-order valence-electron chi connectivity index (χ1n) is 5.56. The molecule has 1 aliphatic carbocycles. The van der Waals surface area contributed by atoms with E-state index in [9.17, 15) is 9.59 Å². The van der Waals surface area contributed by atoms with E-state index < -0.39 is 12.1 Å². The summed E-state index contributed by atoms with van der Waals surface area (Å²) in [6, 6.07) is -1.20. The van der Waals surface area contributed by atoms with E-state index in [0.29, 0.717) is 0 Å². The fourth-order valence-corrected chi connectivity index (χ4v) is 1.14. The van der Waals surface area contributed by atoms with E-state index in [2.05, 4.69) is 23.4 Å². The van der Waals surface area contributed by atoms with Gasteiger partial charge in [-0.25, -0.2) is 33.0 Å². The summed E-state index contributed by atoms with van der Waals surface area (Å²) in [7, 11) is 0. The highest BCUT2D eigenvalue weighted by Gasteiger charge is 1.95. The van der Waals surface area contributed by atoms with E-state index >= 15 is 0 Å². The van der Waals surface area contributed by atoms with Crippen molar-refractivity contribution in [3.63, 3.8) is 0 Å². The topological polar surface area (TPSA) is 186 Å². The molecule has 0 spiro atoms. The second kappa shape index (κ2) is 15.4. The molecule has 1 saturated carbocycles. The molecule has 10 nitrogen and oxygen atoms in total. The number of hydrogen-bond acceptors (Lipinski definition) is 6. The second-order valence-electron chi connectivity index (χ2n) is 3.36. The van der Waals surface area contributed by atoms with Crippen LogP contribution in [-0.4, -0.2) is 12.1 Å². The molecule has 10 heteroatoms. The van der Waals surface area contributed by atoms with Crippen LogP contribution in [0.1, 0.15) is 38.5 Å². The summed E-state index contributed by atoms with van der Waals surface area (Å²) in [6.45, 7) is 0. The van der Waals surface area contributed by atoms with E-state index in [1.165, 1.54) is 38.5 Å². The van der Waals surface area contributed by atoms with E-state index in [0.717, 1.165) is 0 Å². The molecule has 0 heterocycles. The minimum absolute atomic E-state index is 0.602. The molecule has 0 aromatic carbocycles. The molecule has 0 aromatic heterocycles. The van der Waals surface area contributed by atoms with Crippen LogP contribution in [0.4, 0.5) is 9.59 Å². The van der Waals surface area contributed by atoms with Crippen molar-refractivity contribution in [1.82, 2.24) is 21.7 Å². The Labute approximate surface area is 106 Å². The zero-order valence-electron chi connectivity index (χ0n) is 10.4. The van der Waals surface area contributed by atoms with Crippen LogP contribution in [-0.2, 0) is 0 Å². The first-order chi connectivity index (χ1) is 8.62. The first-order valence-corrected chi connectivity index (χ1v) is 5.56. The minimum atomic E-state index is -0.602. The van der Waals surface area contributed by atoms with Crippen molar-refractivity contribution in [1.29, 1.82) is 0 Å². The number of hydrogen-bond donors (Lipinski definition) is 8. The predicted octanol–water partition coefficient (Wildman–Crippen LogP) is -1.59. The summed E-state index contributed by atoms with van der Waals surface area (Å²) in [6.07, 6.45) is 9.00. The van der Waals surface area contributed by atoms with Crippen molar-refractivity contribution in [2.45, 2.75) is 38.5 Å². The average Bonchev–Trinajstić information content (AvgIpc) is 2.48. The lowest BCUT2D eigenvalue weighted by atomic mass is 10.0. The molecular formula is C8H24N8O2. The molecule has 18 heavy (non-hydrogen) atoms. The third-order valence-corrected chi connectivity index (χ3v) is 2.02. The highest BCUT2D eigenvalue weighted by Crippen LogP contribution is 2.15. The summed E-state index contributed by atoms with van der Waals surface area (Å²) in [4.78, 5) is 19.4. The predicted molar refractivity (Wildman–Crippen MR) is 67.8 cm³/mol. The standard InChI is InChI=1S/C6H12.2CH6N4O/c1-2-4-6-5-3-1;2*2-4-1(6)5-3/h1-6H2;2*2-3H2,(H2,4,5,6). The molecule has 1 aliphatic rings. The fourth-order valence-electron chi connectivity index (χ4n) is 1.14. The molecule has 0 aromatic rings. The average molecular weight is 264 g/mol. The summed E-state index contributed by atoms with van der Waals surface area (Å²) < 4.78 is 0. The van der Waals surface area contributed by atoms with Crippen LogP contribution >= 0.6 is 0 Å². The van der Waals surface area contributed by atoms with Crippen molar-refractivity contribution >= 4 is 12.1 Å². The van der Waals surface area contributed by atoms with Gasteiger partial charge in [-0.1, -0.05) is 38.5 Å². The Morgan fingerprint density at radius 2 is 0.722 bits per heavy atom. The number of hydrazine groups is 4. The molecule has 0 bridgehead atoms. The van der Waals surface area contributed by atoms with Crippen LogP contribution in [0.5, 0.6) is 0 Å². The van der Waals surface area contributed by atoms with Gasteiger partial charge in [0, 0.05) is 0 Å². The Morgan fingerprint density at radius 3 is 0.778 bits per heavy atom. The molecule has 0 unspecified atom stereocenters. The van der Waals surface area contributed by atoms with E-state index in [4.69, 9.17) is 0 Å².